The second-order valence-electron chi connectivity index (χ2n) is 5.50. The molecule has 23 heavy (non-hydrogen) atoms. The second-order valence-corrected chi connectivity index (χ2v) is 5.50. The fourth-order valence-corrected chi connectivity index (χ4v) is 2.80. The molecule has 0 saturated carbocycles. The molecule has 0 radical (unpaired) electrons. The minimum Gasteiger partial charge on any atom is -0.481 e. The van der Waals surface area contributed by atoms with Gasteiger partial charge in [0.15, 0.2) is 0 Å². The van der Waals surface area contributed by atoms with E-state index in [1.165, 1.54) is 0 Å². The molecular weight excluding hydrogens is 294 g/mol. The molecule has 0 atom stereocenters. The molecule has 3 heterocycles. The molecule has 2 aromatic heterocycles. The van der Waals surface area contributed by atoms with Crippen LogP contribution in [-0.2, 0) is 0 Å². The summed E-state index contributed by atoms with van der Waals surface area (Å²) in [5.41, 5.74) is 7.17. The number of hydrogen-bond donors (Lipinski definition) is 1. The van der Waals surface area contributed by atoms with Crippen LogP contribution >= 0.6 is 0 Å². The topological polar surface area (TPSA) is 94.2 Å². The Hall–Kier alpha value is -2.70. The van der Waals surface area contributed by atoms with Crippen LogP contribution in [-0.4, -0.2) is 46.0 Å². The number of pyridine rings is 1. The summed E-state index contributed by atoms with van der Waals surface area (Å²) in [6.07, 6.45) is 4.97. The van der Waals surface area contributed by atoms with Crippen molar-refractivity contribution >= 4 is 11.9 Å². The number of methoxy groups -OCH3 is 1. The fourth-order valence-electron chi connectivity index (χ4n) is 2.80. The fraction of sp³-hybridized carbons (Fsp3) is 0.375. The first-order valence-corrected chi connectivity index (χ1v) is 7.55. The van der Waals surface area contributed by atoms with Gasteiger partial charge >= 0.3 is 0 Å². The summed E-state index contributed by atoms with van der Waals surface area (Å²) in [5, 5.41) is 0. The number of nitrogens with two attached hydrogens (primary N) is 1. The quantitative estimate of drug-likeness (QED) is 0.922. The number of carbonyl (C=O) groups excluding carboxylic acids is 1. The Labute approximate surface area is 134 Å². The van der Waals surface area contributed by atoms with Gasteiger partial charge in [0.1, 0.15) is 0 Å². The summed E-state index contributed by atoms with van der Waals surface area (Å²) in [4.78, 5) is 26.6. The Kier molecular flexibility index (Phi) is 4.36. The van der Waals surface area contributed by atoms with Crippen molar-refractivity contribution in [2.24, 2.45) is 0 Å². The van der Waals surface area contributed by atoms with E-state index in [1.807, 2.05) is 11.0 Å². The highest BCUT2D eigenvalue weighted by molar-refractivity contribution is 5.94. The third-order valence-corrected chi connectivity index (χ3v) is 4.09. The molecule has 0 spiro atoms. The Morgan fingerprint density at radius 3 is 2.65 bits per heavy atom. The molecule has 0 bridgehead atoms. The molecule has 120 valence electrons. The maximum atomic E-state index is 12.5. The van der Waals surface area contributed by atoms with Crippen molar-refractivity contribution in [3.63, 3.8) is 0 Å². The maximum Gasteiger partial charge on any atom is 0.255 e. The van der Waals surface area contributed by atoms with E-state index in [9.17, 15) is 4.79 Å². The van der Waals surface area contributed by atoms with Gasteiger partial charge in [0.25, 0.3) is 5.91 Å². The molecule has 1 fully saturated rings. The number of anilines is 1. The van der Waals surface area contributed by atoms with Crippen molar-refractivity contribution in [2.45, 2.75) is 18.8 Å². The lowest BCUT2D eigenvalue weighted by atomic mass is 9.93. The molecule has 3 rings (SSSR count). The summed E-state index contributed by atoms with van der Waals surface area (Å²) >= 11 is 0. The monoisotopic (exact) mass is 313 g/mol. The first kappa shape index (κ1) is 15.2. The highest BCUT2D eigenvalue weighted by Crippen LogP contribution is 2.27. The van der Waals surface area contributed by atoms with Crippen molar-refractivity contribution in [2.75, 3.05) is 25.9 Å². The maximum absolute atomic E-state index is 12.5. The number of ether oxygens (including phenoxy) is 1. The molecule has 0 aliphatic carbocycles. The number of piperidine rings is 1. The molecule has 7 nitrogen and oxygen atoms in total. The SMILES string of the molecule is COc1ccc(C(=O)N2CCC(c3ccnc(N)n3)CC2)cn1. The summed E-state index contributed by atoms with van der Waals surface area (Å²) in [5.74, 6) is 1.12. The second kappa shape index (κ2) is 6.60. The van der Waals surface area contributed by atoms with E-state index in [-0.39, 0.29) is 5.91 Å². The van der Waals surface area contributed by atoms with E-state index in [2.05, 4.69) is 15.0 Å². The van der Waals surface area contributed by atoms with Crippen molar-refractivity contribution in [3.8, 4) is 5.88 Å². The summed E-state index contributed by atoms with van der Waals surface area (Å²) < 4.78 is 5.01. The van der Waals surface area contributed by atoms with Gasteiger partial charge in [0, 0.05) is 43.2 Å². The molecule has 0 aromatic carbocycles. The third-order valence-electron chi connectivity index (χ3n) is 4.09. The minimum atomic E-state index is 0.000745. The van der Waals surface area contributed by atoms with E-state index in [0.29, 0.717) is 36.4 Å². The summed E-state index contributed by atoms with van der Waals surface area (Å²) in [6.45, 7) is 1.39. The van der Waals surface area contributed by atoms with Gasteiger partial charge in [0.2, 0.25) is 11.8 Å². The Morgan fingerprint density at radius 1 is 1.26 bits per heavy atom. The molecule has 1 saturated heterocycles. The summed E-state index contributed by atoms with van der Waals surface area (Å²) in [7, 11) is 1.55. The van der Waals surface area contributed by atoms with Crippen LogP contribution in [0.1, 0.15) is 34.8 Å². The van der Waals surface area contributed by atoms with E-state index in [1.54, 1.807) is 31.6 Å². The first-order valence-electron chi connectivity index (χ1n) is 7.55. The zero-order valence-electron chi connectivity index (χ0n) is 13.0. The average Bonchev–Trinajstić information content (AvgIpc) is 2.61. The van der Waals surface area contributed by atoms with Gasteiger partial charge in [-0.05, 0) is 25.0 Å². The van der Waals surface area contributed by atoms with E-state index in [0.717, 1.165) is 18.5 Å². The van der Waals surface area contributed by atoms with E-state index >= 15 is 0 Å². The van der Waals surface area contributed by atoms with Crippen molar-refractivity contribution < 1.29 is 9.53 Å². The van der Waals surface area contributed by atoms with Gasteiger partial charge < -0.3 is 15.4 Å². The molecule has 1 amide bonds. The number of likely N-dealkylation sites (tertiary alicyclic amines) is 1. The predicted molar refractivity (Wildman–Crippen MR) is 85.1 cm³/mol. The number of rotatable bonds is 3. The van der Waals surface area contributed by atoms with Crippen LogP contribution in [0.25, 0.3) is 0 Å². The van der Waals surface area contributed by atoms with Crippen LogP contribution in [0.3, 0.4) is 0 Å². The molecule has 1 aliphatic rings. The lowest BCUT2D eigenvalue weighted by Crippen LogP contribution is -2.38. The Morgan fingerprint density at radius 2 is 2.04 bits per heavy atom. The standard InChI is InChI=1S/C16H19N5O2/c1-23-14-3-2-12(10-19-14)15(22)21-8-5-11(6-9-21)13-4-7-18-16(17)20-13/h2-4,7,10-11H,5-6,8-9H2,1H3,(H2,17,18,20). The van der Waals surface area contributed by atoms with Crippen molar-refractivity contribution in [1.82, 2.24) is 19.9 Å². The molecule has 7 heteroatoms. The van der Waals surface area contributed by atoms with E-state index in [4.69, 9.17) is 10.5 Å². The van der Waals surface area contributed by atoms with Crippen LogP contribution < -0.4 is 10.5 Å². The highest BCUT2D eigenvalue weighted by atomic mass is 16.5. The number of hydrogen-bond acceptors (Lipinski definition) is 6. The van der Waals surface area contributed by atoms with Crippen LogP contribution in [0, 0.1) is 0 Å². The van der Waals surface area contributed by atoms with Gasteiger partial charge in [-0.25, -0.2) is 15.0 Å². The van der Waals surface area contributed by atoms with Crippen LogP contribution in [0.5, 0.6) is 5.88 Å². The highest BCUT2D eigenvalue weighted by Gasteiger charge is 2.25. The normalized spacial score (nSPS) is 15.4. The zero-order chi connectivity index (χ0) is 16.2. The average molecular weight is 313 g/mol. The van der Waals surface area contributed by atoms with Gasteiger partial charge in [-0.2, -0.15) is 0 Å². The number of nitrogen functional groups attached to an aromatic ring is 1. The smallest absolute Gasteiger partial charge is 0.255 e. The first-order chi connectivity index (χ1) is 11.2. The predicted octanol–water partition coefficient (Wildman–Crippen LogP) is 1.48. The van der Waals surface area contributed by atoms with E-state index < -0.39 is 0 Å². The van der Waals surface area contributed by atoms with Crippen LogP contribution in [0.15, 0.2) is 30.6 Å². The number of amides is 1. The molecule has 2 N–H and O–H groups in total. The number of aromatic nitrogens is 3. The van der Waals surface area contributed by atoms with Gasteiger partial charge in [-0.15, -0.1) is 0 Å². The molecule has 0 unspecified atom stereocenters. The largest absolute Gasteiger partial charge is 0.481 e. The van der Waals surface area contributed by atoms with Gasteiger partial charge in [-0.1, -0.05) is 0 Å². The molecule has 1 aliphatic heterocycles. The molecular formula is C16H19N5O2. The lowest BCUT2D eigenvalue weighted by Gasteiger charge is -2.31. The number of carbonyl (C=O) groups is 1. The zero-order valence-corrected chi connectivity index (χ0v) is 13.0. The van der Waals surface area contributed by atoms with Crippen molar-refractivity contribution in [3.05, 3.63) is 41.9 Å². The van der Waals surface area contributed by atoms with Crippen molar-refractivity contribution in [1.29, 1.82) is 0 Å². The Balaban J connectivity index is 1.62. The molecule has 2 aromatic rings. The third kappa shape index (κ3) is 3.39. The van der Waals surface area contributed by atoms with Crippen LogP contribution in [0.2, 0.25) is 0 Å². The minimum absolute atomic E-state index is 0.000745. The lowest BCUT2D eigenvalue weighted by molar-refractivity contribution is 0.0711. The summed E-state index contributed by atoms with van der Waals surface area (Å²) in [6, 6.07) is 5.33. The van der Waals surface area contributed by atoms with Gasteiger partial charge in [-0.3, -0.25) is 4.79 Å². The van der Waals surface area contributed by atoms with Crippen LogP contribution in [0.4, 0.5) is 5.95 Å². The van der Waals surface area contributed by atoms with Gasteiger partial charge in [0.05, 0.1) is 12.7 Å². The Bertz CT molecular complexity index is 681. The number of nitrogens with zero attached hydrogens (tertiary/aromatic N) is 4.